The van der Waals surface area contributed by atoms with E-state index >= 15 is 0 Å². The first kappa shape index (κ1) is 16.9. The average molecular weight is 352 g/mol. The van der Waals surface area contributed by atoms with Crippen molar-refractivity contribution in [3.05, 3.63) is 41.5 Å². The molecule has 0 aromatic carbocycles. The molecule has 25 heavy (non-hydrogen) atoms. The van der Waals surface area contributed by atoms with Crippen molar-refractivity contribution in [1.29, 1.82) is 0 Å². The molecule has 3 heterocycles. The Labute approximate surface area is 140 Å². The minimum Gasteiger partial charge on any atom is -0.475 e. The van der Waals surface area contributed by atoms with Gasteiger partial charge in [0.1, 0.15) is 24.3 Å². The first-order chi connectivity index (χ1) is 11.9. The van der Waals surface area contributed by atoms with Crippen LogP contribution >= 0.6 is 0 Å². The molecule has 1 N–H and O–H groups in total. The Morgan fingerprint density at radius 1 is 1.24 bits per heavy atom. The molecule has 132 valence electrons. The summed E-state index contributed by atoms with van der Waals surface area (Å²) in [4.78, 5) is 12.0. The number of aryl methyl sites for hydroxylation is 1. The number of nitrogens with one attached hydrogen (secondary N) is 1. The normalized spacial score (nSPS) is 11.7. The Bertz CT molecular complexity index is 893. The van der Waals surface area contributed by atoms with Gasteiger partial charge in [0.15, 0.2) is 0 Å². The van der Waals surface area contributed by atoms with Gasteiger partial charge in [0.05, 0.1) is 6.54 Å². The summed E-state index contributed by atoms with van der Waals surface area (Å²) in [6, 6.07) is 2.16. The summed E-state index contributed by atoms with van der Waals surface area (Å²) in [6.45, 7) is 3.96. The molecule has 0 aliphatic carbocycles. The summed E-state index contributed by atoms with van der Waals surface area (Å²) in [5, 5.41) is 7.18. The predicted octanol–water partition coefficient (Wildman–Crippen LogP) is 2.65. The summed E-state index contributed by atoms with van der Waals surface area (Å²) in [5.74, 6) is 0.668. The van der Waals surface area contributed by atoms with Crippen molar-refractivity contribution in [1.82, 2.24) is 24.6 Å². The third-order valence-corrected chi connectivity index (χ3v) is 3.62. The van der Waals surface area contributed by atoms with Crippen molar-refractivity contribution in [2.24, 2.45) is 0 Å². The van der Waals surface area contributed by atoms with Crippen molar-refractivity contribution >= 4 is 11.6 Å². The minimum absolute atomic E-state index is 0.00288. The number of ether oxygens (including phenoxy) is 1. The quantitative estimate of drug-likeness (QED) is 0.712. The van der Waals surface area contributed by atoms with E-state index in [1.165, 1.54) is 23.1 Å². The number of fused-ring (bicyclic) bond motifs is 1. The van der Waals surface area contributed by atoms with E-state index in [-0.39, 0.29) is 13.2 Å². The van der Waals surface area contributed by atoms with Gasteiger partial charge in [-0.2, -0.15) is 27.8 Å². The molecule has 0 unspecified atom stereocenters. The van der Waals surface area contributed by atoms with Gasteiger partial charge in [-0.3, -0.25) is 0 Å². The number of halogens is 3. The predicted molar refractivity (Wildman–Crippen MR) is 83.5 cm³/mol. The average Bonchev–Trinajstić information content (AvgIpc) is 3.02. The Morgan fingerprint density at radius 2 is 2.04 bits per heavy atom. The maximum Gasteiger partial charge on any atom is 0.421 e. The van der Waals surface area contributed by atoms with Crippen LogP contribution in [0, 0.1) is 13.8 Å². The number of nitrogens with zero attached hydrogens (tertiary/aromatic N) is 5. The van der Waals surface area contributed by atoms with Crippen LogP contribution in [0.25, 0.3) is 5.78 Å². The fourth-order valence-electron chi connectivity index (χ4n) is 2.28. The second kappa shape index (κ2) is 6.54. The number of pyridine rings is 1. The van der Waals surface area contributed by atoms with E-state index in [1.54, 1.807) is 0 Å². The van der Waals surface area contributed by atoms with Gasteiger partial charge < -0.3 is 10.1 Å². The van der Waals surface area contributed by atoms with E-state index in [0.29, 0.717) is 11.6 Å². The van der Waals surface area contributed by atoms with Gasteiger partial charge in [-0.15, -0.1) is 0 Å². The fourth-order valence-corrected chi connectivity index (χ4v) is 2.28. The molecular formula is C15H15F3N6O. The minimum atomic E-state index is -4.51. The van der Waals surface area contributed by atoms with Crippen LogP contribution in [0.1, 0.15) is 16.8 Å². The van der Waals surface area contributed by atoms with Gasteiger partial charge in [0.2, 0.25) is 5.88 Å². The topological polar surface area (TPSA) is 77.2 Å². The van der Waals surface area contributed by atoms with Crippen molar-refractivity contribution < 1.29 is 17.9 Å². The molecule has 10 heteroatoms. The number of aromatic nitrogens is 5. The van der Waals surface area contributed by atoms with Gasteiger partial charge in [0, 0.05) is 17.5 Å². The van der Waals surface area contributed by atoms with Gasteiger partial charge in [0.25, 0.3) is 5.78 Å². The number of anilines is 1. The zero-order chi connectivity index (χ0) is 18.0. The maximum atomic E-state index is 12.9. The highest BCUT2D eigenvalue weighted by molar-refractivity contribution is 5.51. The number of hydrogen-bond acceptors (Lipinski definition) is 6. The lowest BCUT2D eigenvalue weighted by Gasteiger charge is -2.14. The monoisotopic (exact) mass is 352 g/mol. The van der Waals surface area contributed by atoms with E-state index in [9.17, 15) is 13.2 Å². The third-order valence-electron chi connectivity index (χ3n) is 3.62. The molecule has 3 aromatic heterocycles. The van der Waals surface area contributed by atoms with Gasteiger partial charge in [-0.05, 0) is 26.0 Å². The first-order valence-electron chi connectivity index (χ1n) is 7.43. The molecular weight excluding hydrogens is 337 g/mol. The Kier molecular flexibility index (Phi) is 4.43. The lowest BCUT2D eigenvalue weighted by atomic mass is 10.2. The van der Waals surface area contributed by atoms with Crippen LogP contribution in [0.15, 0.2) is 24.7 Å². The summed E-state index contributed by atoms with van der Waals surface area (Å²) < 4.78 is 45.4. The molecule has 0 bridgehead atoms. The van der Waals surface area contributed by atoms with E-state index in [0.717, 1.165) is 17.3 Å². The number of rotatable bonds is 5. The molecule has 0 aliphatic rings. The molecule has 0 atom stereocenters. The van der Waals surface area contributed by atoms with Crippen molar-refractivity contribution in [2.75, 3.05) is 18.5 Å². The van der Waals surface area contributed by atoms with Crippen LogP contribution in [-0.2, 0) is 6.18 Å². The standard InChI is InChI=1S/C15H15F3N6O/c1-9-10(2)23-14-21-8-22-24(14)12(9)19-6-7-25-13-11(15(16,17)18)4-3-5-20-13/h3-5,8,19H,6-7H2,1-2H3. The Balaban J connectivity index is 1.69. The molecule has 0 amide bonds. The van der Waals surface area contributed by atoms with Gasteiger partial charge in [-0.1, -0.05) is 0 Å². The number of hydrogen-bond donors (Lipinski definition) is 1. The van der Waals surface area contributed by atoms with Gasteiger partial charge >= 0.3 is 6.18 Å². The molecule has 7 nitrogen and oxygen atoms in total. The lowest BCUT2D eigenvalue weighted by molar-refractivity contribution is -0.139. The summed E-state index contributed by atoms with van der Waals surface area (Å²) >= 11 is 0. The highest BCUT2D eigenvalue weighted by Crippen LogP contribution is 2.34. The van der Waals surface area contributed by atoms with E-state index in [4.69, 9.17) is 4.74 Å². The smallest absolute Gasteiger partial charge is 0.421 e. The van der Waals surface area contributed by atoms with E-state index in [1.807, 2.05) is 13.8 Å². The third kappa shape index (κ3) is 3.47. The molecule has 0 saturated carbocycles. The van der Waals surface area contributed by atoms with E-state index < -0.39 is 17.6 Å². The summed E-state index contributed by atoms with van der Waals surface area (Å²) in [6.07, 6.45) is -1.87. The molecule has 0 aliphatic heterocycles. The second-order valence-electron chi connectivity index (χ2n) is 5.27. The van der Waals surface area contributed by atoms with Crippen LogP contribution in [-0.4, -0.2) is 37.7 Å². The highest BCUT2D eigenvalue weighted by Gasteiger charge is 2.34. The van der Waals surface area contributed by atoms with Gasteiger partial charge in [-0.25, -0.2) is 9.97 Å². The number of alkyl halides is 3. The first-order valence-corrected chi connectivity index (χ1v) is 7.43. The largest absolute Gasteiger partial charge is 0.475 e. The van der Waals surface area contributed by atoms with Crippen LogP contribution in [0.3, 0.4) is 0 Å². The van der Waals surface area contributed by atoms with Crippen LogP contribution in [0.4, 0.5) is 19.0 Å². The highest BCUT2D eigenvalue weighted by atomic mass is 19.4. The van der Waals surface area contributed by atoms with Crippen molar-refractivity contribution in [3.63, 3.8) is 0 Å². The molecule has 0 radical (unpaired) electrons. The van der Waals surface area contributed by atoms with Crippen molar-refractivity contribution in [3.8, 4) is 5.88 Å². The van der Waals surface area contributed by atoms with Crippen LogP contribution in [0.2, 0.25) is 0 Å². The van der Waals surface area contributed by atoms with Crippen molar-refractivity contribution in [2.45, 2.75) is 20.0 Å². The second-order valence-corrected chi connectivity index (χ2v) is 5.27. The molecule has 0 fully saturated rings. The fraction of sp³-hybridized carbons (Fsp3) is 0.333. The summed E-state index contributed by atoms with van der Waals surface area (Å²) in [5.41, 5.74) is 0.754. The SMILES string of the molecule is Cc1nc2ncnn2c(NCCOc2ncccc2C(F)(F)F)c1C. The van der Waals surface area contributed by atoms with Crippen LogP contribution < -0.4 is 10.1 Å². The van der Waals surface area contributed by atoms with Crippen LogP contribution in [0.5, 0.6) is 5.88 Å². The molecule has 0 saturated heterocycles. The zero-order valence-corrected chi connectivity index (χ0v) is 13.5. The zero-order valence-electron chi connectivity index (χ0n) is 13.5. The lowest BCUT2D eigenvalue weighted by Crippen LogP contribution is -2.18. The maximum absolute atomic E-state index is 12.9. The summed E-state index contributed by atoms with van der Waals surface area (Å²) in [7, 11) is 0. The molecule has 3 aromatic rings. The molecule has 3 rings (SSSR count). The Morgan fingerprint density at radius 3 is 2.80 bits per heavy atom. The Hall–Kier alpha value is -2.91. The van der Waals surface area contributed by atoms with E-state index in [2.05, 4.69) is 25.4 Å². The molecule has 0 spiro atoms.